The molecule has 0 bridgehead atoms. The van der Waals surface area contributed by atoms with Gasteiger partial charge in [-0.05, 0) is 36.8 Å². The number of nitrogens with zero attached hydrogens (tertiary/aromatic N) is 2. The van der Waals surface area contributed by atoms with E-state index in [-0.39, 0.29) is 12.3 Å². The van der Waals surface area contributed by atoms with Gasteiger partial charge in [0.05, 0.1) is 0 Å². The second kappa shape index (κ2) is 7.60. The quantitative estimate of drug-likeness (QED) is 0.710. The number of amides is 2. The van der Waals surface area contributed by atoms with Crippen LogP contribution in [-0.2, 0) is 11.2 Å². The summed E-state index contributed by atoms with van der Waals surface area (Å²) in [6.45, 7) is 1.97. The van der Waals surface area contributed by atoms with E-state index in [9.17, 15) is 9.59 Å². The summed E-state index contributed by atoms with van der Waals surface area (Å²) in [6.07, 6.45) is 0.539. The zero-order valence-corrected chi connectivity index (χ0v) is 14.2. The lowest BCUT2D eigenvalue weighted by molar-refractivity contribution is -0.116. The van der Waals surface area contributed by atoms with Gasteiger partial charge in [0.15, 0.2) is 0 Å². The van der Waals surface area contributed by atoms with E-state index in [4.69, 9.17) is 10.3 Å². The van der Waals surface area contributed by atoms with Crippen molar-refractivity contribution in [3.8, 4) is 11.4 Å². The Morgan fingerprint density at radius 3 is 2.54 bits per heavy atom. The average molecular weight is 350 g/mol. The summed E-state index contributed by atoms with van der Waals surface area (Å²) in [5, 5.41) is 6.72. The molecular weight excluding hydrogens is 332 g/mol. The lowest BCUT2D eigenvalue weighted by Crippen LogP contribution is -2.13. The van der Waals surface area contributed by atoms with Crippen molar-refractivity contribution in [2.24, 2.45) is 5.73 Å². The molecule has 7 nitrogen and oxygen atoms in total. The molecule has 0 aliphatic heterocycles. The average Bonchev–Trinajstić information content (AvgIpc) is 3.09. The molecule has 7 heteroatoms. The molecule has 1 aromatic heterocycles. The topological polar surface area (TPSA) is 111 Å². The van der Waals surface area contributed by atoms with Crippen LogP contribution in [-0.4, -0.2) is 22.0 Å². The van der Waals surface area contributed by atoms with Crippen LogP contribution in [0.3, 0.4) is 0 Å². The number of carbonyl (C=O) groups is 2. The number of nitrogens with one attached hydrogen (secondary N) is 1. The Morgan fingerprint density at radius 1 is 1.12 bits per heavy atom. The van der Waals surface area contributed by atoms with Crippen LogP contribution >= 0.6 is 0 Å². The molecule has 0 saturated carbocycles. The summed E-state index contributed by atoms with van der Waals surface area (Å²) < 4.78 is 5.22. The lowest BCUT2D eigenvalue weighted by Gasteiger charge is -2.04. The number of aryl methyl sites for hydroxylation is 2. The van der Waals surface area contributed by atoms with Crippen molar-refractivity contribution >= 4 is 17.5 Å². The van der Waals surface area contributed by atoms with E-state index in [1.165, 1.54) is 0 Å². The van der Waals surface area contributed by atoms with Crippen molar-refractivity contribution in [2.75, 3.05) is 5.32 Å². The predicted molar refractivity (Wildman–Crippen MR) is 96.4 cm³/mol. The number of rotatable bonds is 6. The van der Waals surface area contributed by atoms with Crippen LogP contribution in [0.2, 0.25) is 0 Å². The maximum Gasteiger partial charge on any atom is 0.248 e. The van der Waals surface area contributed by atoms with E-state index < -0.39 is 5.91 Å². The van der Waals surface area contributed by atoms with Crippen LogP contribution < -0.4 is 11.1 Å². The minimum absolute atomic E-state index is 0.188. The number of hydrogen-bond acceptors (Lipinski definition) is 5. The molecule has 1 heterocycles. The molecule has 0 radical (unpaired) electrons. The Kier molecular flexibility index (Phi) is 5.07. The first-order valence-corrected chi connectivity index (χ1v) is 8.11. The summed E-state index contributed by atoms with van der Waals surface area (Å²) in [6, 6.07) is 14.1. The zero-order chi connectivity index (χ0) is 18.5. The summed E-state index contributed by atoms with van der Waals surface area (Å²) in [7, 11) is 0. The van der Waals surface area contributed by atoms with Gasteiger partial charge in [0.2, 0.25) is 23.5 Å². The maximum atomic E-state index is 12.0. The van der Waals surface area contributed by atoms with Crippen molar-refractivity contribution in [3.63, 3.8) is 0 Å². The highest BCUT2D eigenvalue weighted by molar-refractivity contribution is 5.94. The van der Waals surface area contributed by atoms with Gasteiger partial charge in [-0.3, -0.25) is 9.59 Å². The minimum Gasteiger partial charge on any atom is -0.366 e. The molecular formula is C19H18N4O3. The molecule has 0 aliphatic rings. The molecule has 0 aliphatic carbocycles. The molecule has 2 amide bonds. The monoisotopic (exact) mass is 350 g/mol. The summed E-state index contributed by atoms with van der Waals surface area (Å²) in [5.41, 5.74) is 8.11. The third kappa shape index (κ3) is 4.13. The fraction of sp³-hybridized carbons (Fsp3) is 0.158. The van der Waals surface area contributed by atoms with E-state index in [1.54, 1.807) is 24.3 Å². The van der Waals surface area contributed by atoms with Gasteiger partial charge < -0.3 is 15.6 Å². The molecule has 0 saturated heterocycles. The van der Waals surface area contributed by atoms with Gasteiger partial charge in [-0.15, -0.1) is 0 Å². The summed E-state index contributed by atoms with van der Waals surface area (Å²) in [5.74, 6) is 0.222. The van der Waals surface area contributed by atoms with Gasteiger partial charge in [-0.2, -0.15) is 4.98 Å². The zero-order valence-electron chi connectivity index (χ0n) is 14.2. The molecule has 3 N–H and O–H groups in total. The van der Waals surface area contributed by atoms with Gasteiger partial charge in [-0.25, -0.2) is 0 Å². The number of hydrogen-bond donors (Lipinski definition) is 2. The molecule has 26 heavy (non-hydrogen) atoms. The van der Waals surface area contributed by atoms with Gasteiger partial charge in [0, 0.05) is 29.7 Å². The second-order valence-corrected chi connectivity index (χ2v) is 5.82. The second-order valence-electron chi connectivity index (χ2n) is 5.82. The molecule has 0 fully saturated rings. The maximum absolute atomic E-state index is 12.0. The predicted octanol–water partition coefficient (Wildman–Crippen LogP) is 2.72. The van der Waals surface area contributed by atoms with Gasteiger partial charge in [0.25, 0.3) is 0 Å². The van der Waals surface area contributed by atoms with Crippen molar-refractivity contribution in [2.45, 2.75) is 19.8 Å². The Bertz CT molecular complexity index is 932. The van der Waals surface area contributed by atoms with E-state index in [0.29, 0.717) is 29.4 Å². The van der Waals surface area contributed by atoms with Crippen LogP contribution in [0, 0.1) is 6.92 Å². The molecule has 2 aromatic carbocycles. The highest BCUT2D eigenvalue weighted by Gasteiger charge is 2.12. The molecule has 132 valence electrons. The molecule has 3 rings (SSSR count). The molecule has 3 aromatic rings. The van der Waals surface area contributed by atoms with Gasteiger partial charge in [-0.1, -0.05) is 29.4 Å². The molecule has 0 spiro atoms. The first kappa shape index (κ1) is 17.3. The van der Waals surface area contributed by atoms with E-state index in [0.717, 1.165) is 11.1 Å². The number of primary amides is 1. The van der Waals surface area contributed by atoms with Gasteiger partial charge in [0.1, 0.15) is 0 Å². The van der Waals surface area contributed by atoms with Crippen molar-refractivity contribution in [1.29, 1.82) is 0 Å². The number of anilines is 1. The molecule has 0 atom stereocenters. The third-order valence-electron chi connectivity index (χ3n) is 3.87. The van der Waals surface area contributed by atoms with Crippen LogP contribution in [0.4, 0.5) is 5.69 Å². The highest BCUT2D eigenvalue weighted by atomic mass is 16.5. The lowest BCUT2D eigenvalue weighted by atomic mass is 10.1. The summed E-state index contributed by atoms with van der Waals surface area (Å²) in [4.78, 5) is 27.4. The highest BCUT2D eigenvalue weighted by Crippen LogP contribution is 2.20. The number of benzene rings is 2. The van der Waals surface area contributed by atoms with Crippen LogP contribution in [0.1, 0.15) is 28.2 Å². The van der Waals surface area contributed by atoms with E-state index in [2.05, 4.69) is 15.5 Å². The number of carbonyl (C=O) groups excluding carboxylic acids is 2. The van der Waals surface area contributed by atoms with Crippen molar-refractivity contribution < 1.29 is 14.1 Å². The van der Waals surface area contributed by atoms with E-state index in [1.807, 2.05) is 31.2 Å². The number of nitrogens with two attached hydrogens (primary N) is 1. The van der Waals surface area contributed by atoms with Crippen molar-refractivity contribution in [1.82, 2.24) is 10.1 Å². The minimum atomic E-state index is -0.510. The Balaban J connectivity index is 1.56. The Hall–Kier alpha value is -3.48. The number of aromatic nitrogens is 2. The first-order valence-electron chi connectivity index (χ1n) is 8.11. The fourth-order valence-corrected chi connectivity index (χ4v) is 2.45. The Morgan fingerprint density at radius 2 is 1.85 bits per heavy atom. The largest absolute Gasteiger partial charge is 0.366 e. The van der Waals surface area contributed by atoms with Gasteiger partial charge >= 0.3 is 0 Å². The standard InChI is InChI=1S/C19H18N4O3/c1-12-4-2-3-5-15(12)19-22-17(26-23-19)11-10-16(24)21-14-8-6-13(7-9-14)18(20)25/h2-9H,10-11H2,1H3,(H2,20,25)(H,21,24). The smallest absolute Gasteiger partial charge is 0.248 e. The molecule has 0 unspecified atom stereocenters. The normalized spacial score (nSPS) is 10.5. The fourth-order valence-electron chi connectivity index (χ4n) is 2.45. The SMILES string of the molecule is Cc1ccccc1-c1noc(CCC(=O)Nc2ccc(C(N)=O)cc2)n1. The Labute approximate surface area is 150 Å². The first-order chi connectivity index (χ1) is 12.5. The van der Waals surface area contributed by atoms with Crippen LogP contribution in [0.15, 0.2) is 53.1 Å². The van der Waals surface area contributed by atoms with E-state index >= 15 is 0 Å². The van der Waals surface area contributed by atoms with Crippen molar-refractivity contribution in [3.05, 3.63) is 65.5 Å². The summed E-state index contributed by atoms with van der Waals surface area (Å²) >= 11 is 0. The third-order valence-corrected chi connectivity index (χ3v) is 3.87. The van der Waals surface area contributed by atoms with Crippen LogP contribution in [0.25, 0.3) is 11.4 Å². The van der Waals surface area contributed by atoms with Crippen LogP contribution in [0.5, 0.6) is 0 Å².